The summed E-state index contributed by atoms with van der Waals surface area (Å²) in [6, 6.07) is 2.16. The van der Waals surface area contributed by atoms with Gasteiger partial charge in [-0.2, -0.15) is 0 Å². The number of pyridine rings is 1. The summed E-state index contributed by atoms with van der Waals surface area (Å²) in [4.78, 5) is 8.83. The summed E-state index contributed by atoms with van der Waals surface area (Å²) < 4.78 is 2.04. The van der Waals surface area contributed by atoms with Crippen molar-refractivity contribution in [2.75, 3.05) is 7.05 Å². The molecule has 0 atom stereocenters. The first kappa shape index (κ1) is 11.8. The maximum atomic E-state index is 4.52. The van der Waals surface area contributed by atoms with Gasteiger partial charge in [-0.3, -0.25) is 4.57 Å². The lowest BCUT2D eigenvalue weighted by atomic mass is 10.2. The monoisotopic (exact) mass is 230 g/mol. The molecule has 0 amide bonds. The topological polar surface area (TPSA) is 42.7 Å². The van der Waals surface area contributed by atoms with Gasteiger partial charge in [-0.15, -0.1) is 0 Å². The summed E-state index contributed by atoms with van der Waals surface area (Å²) >= 11 is 0. The molecule has 2 rings (SSSR count). The van der Waals surface area contributed by atoms with Crippen LogP contribution < -0.4 is 5.32 Å². The van der Waals surface area contributed by atoms with Crippen molar-refractivity contribution in [1.29, 1.82) is 0 Å². The number of imidazole rings is 1. The molecule has 0 bridgehead atoms. The van der Waals surface area contributed by atoms with Crippen LogP contribution >= 0.6 is 0 Å². The van der Waals surface area contributed by atoms with Crippen LogP contribution in [0.25, 0.3) is 5.82 Å². The Bertz CT molecular complexity index is 528. The van der Waals surface area contributed by atoms with Gasteiger partial charge < -0.3 is 5.32 Å². The number of aromatic nitrogens is 3. The number of hydrogen-bond acceptors (Lipinski definition) is 3. The molecule has 0 aliphatic rings. The maximum absolute atomic E-state index is 4.52. The SMILES string of the molecule is CNCc1cnc(-n2cnc(C)c2C)c(C)c1. The summed E-state index contributed by atoms with van der Waals surface area (Å²) in [6.45, 7) is 6.99. The third-order valence-electron chi connectivity index (χ3n) is 2.97. The normalized spacial score (nSPS) is 10.8. The fourth-order valence-electron chi connectivity index (χ4n) is 1.89. The van der Waals surface area contributed by atoms with E-state index in [4.69, 9.17) is 0 Å². The highest BCUT2D eigenvalue weighted by atomic mass is 15.1. The van der Waals surface area contributed by atoms with E-state index in [0.717, 1.165) is 23.8 Å². The summed E-state index contributed by atoms with van der Waals surface area (Å²) in [6.07, 6.45) is 3.74. The fourth-order valence-corrected chi connectivity index (χ4v) is 1.89. The molecule has 2 heterocycles. The standard InChI is InChI=1S/C13H18N4/c1-9-5-12(6-14-4)7-15-13(9)17-8-16-10(2)11(17)3/h5,7-8,14H,6H2,1-4H3. The van der Waals surface area contributed by atoms with Crippen LogP contribution in [-0.4, -0.2) is 21.6 Å². The first-order chi connectivity index (χ1) is 8.13. The number of rotatable bonds is 3. The molecule has 0 radical (unpaired) electrons. The van der Waals surface area contributed by atoms with Crippen molar-refractivity contribution in [1.82, 2.24) is 19.9 Å². The Morgan fingerprint density at radius 2 is 2.00 bits per heavy atom. The highest BCUT2D eigenvalue weighted by Gasteiger charge is 2.08. The van der Waals surface area contributed by atoms with Crippen LogP contribution in [0.1, 0.15) is 22.5 Å². The Kier molecular flexibility index (Phi) is 3.24. The van der Waals surface area contributed by atoms with Crippen molar-refractivity contribution in [3.63, 3.8) is 0 Å². The predicted octanol–water partition coefficient (Wildman–Crippen LogP) is 1.91. The lowest BCUT2D eigenvalue weighted by Crippen LogP contribution is -2.08. The Hall–Kier alpha value is -1.68. The highest BCUT2D eigenvalue weighted by Crippen LogP contribution is 2.16. The Balaban J connectivity index is 2.43. The average molecular weight is 230 g/mol. The largest absolute Gasteiger partial charge is 0.316 e. The zero-order chi connectivity index (χ0) is 12.4. The van der Waals surface area contributed by atoms with E-state index in [1.807, 2.05) is 31.1 Å². The first-order valence-electron chi connectivity index (χ1n) is 5.74. The minimum absolute atomic E-state index is 0.843. The Morgan fingerprint density at radius 3 is 2.53 bits per heavy atom. The van der Waals surface area contributed by atoms with E-state index in [2.05, 4.69) is 35.2 Å². The molecular formula is C13H18N4. The van der Waals surface area contributed by atoms with Gasteiger partial charge in [0.15, 0.2) is 0 Å². The summed E-state index contributed by atoms with van der Waals surface area (Å²) in [5.41, 5.74) is 4.55. The van der Waals surface area contributed by atoms with Crippen molar-refractivity contribution in [3.05, 3.63) is 41.1 Å². The van der Waals surface area contributed by atoms with Gasteiger partial charge in [0, 0.05) is 18.4 Å². The van der Waals surface area contributed by atoms with E-state index >= 15 is 0 Å². The molecule has 0 unspecified atom stereocenters. The minimum Gasteiger partial charge on any atom is -0.316 e. The molecule has 0 saturated heterocycles. The van der Waals surface area contributed by atoms with Crippen molar-refractivity contribution in [2.24, 2.45) is 0 Å². The van der Waals surface area contributed by atoms with E-state index in [9.17, 15) is 0 Å². The number of nitrogens with one attached hydrogen (secondary N) is 1. The van der Waals surface area contributed by atoms with Crippen LogP contribution in [0, 0.1) is 20.8 Å². The Labute approximate surface area is 102 Å². The van der Waals surface area contributed by atoms with Gasteiger partial charge in [0.1, 0.15) is 12.1 Å². The van der Waals surface area contributed by atoms with E-state index in [1.54, 1.807) is 0 Å². The molecule has 2 aromatic rings. The molecule has 0 fully saturated rings. The molecule has 0 aromatic carbocycles. The molecular weight excluding hydrogens is 212 g/mol. The lowest BCUT2D eigenvalue weighted by Gasteiger charge is -2.09. The van der Waals surface area contributed by atoms with Gasteiger partial charge in [0.2, 0.25) is 0 Å². The van der Waals surface area contributed by atoms with E-state index < -0.39 is 0 Å². The van der Waals surface area contributed by atoms with Gasteiger partial charge in [0.25, 0.3) is 0 Å². The minimum atomic E-state index is 0.843. The van der Waals surface area contributed by atoms with Crippen molar-refractivity contribution < 1.29 is 0 Å². The molecule has 4 heteroatoms. The molecule has 1 N–H and O–H groups in total. The van der Waals surface area contributed by atoms with Gasteiger partial charge >= 0.3 is 0 Å². The summed E-state index contributed by atoms with van der Waals surface area (Å²) in [7, 11) is 1.94. The van der Waals surface area contributed by atoms with E-state index in [1.165, 1.54) is 11.1 Å². The third-order valence-corrected chi connectivity index (χ3v) is 2.97. The zero-order valence-electron chi connectivity index (χ0n) is 10.8. The van der Waals surface area contributed by atoms with E-state index in [-0.39, 0.29) is 0 Å². The summed E-state index contributed by atoms with van der Waals surface area (Å²) in [5, 5.41) is 3.13. The first-order valence-corrected chi connectivity index (χ1v) is 5.74. The molecule has 4 nitrogen and oxygen atoms in total. The van der Waals surface area contributed by atoms with Crippen molar-refractivity contribution in [3.8, 4) is 5.82 Å². The summed E-state index contributed by atoms with van der Waals surface area (Å²) in [5.74, 6) is 0.961. The van der Waals surface area contributed by atoms with Crippen LogP contribution in [0.2, 0.25) is 0 Å². The Morgan fingerprint density at radius 1 is 1.24 bits per heavy atom. The second-order valence-corrected chi connectivity index (χ2v) is 4.30. The third kappa shape index (κ3) is 2.22. The fraction of sp³-hybridized carbons (Fsp3) is 0.385. The lowest BCUT2D eigenvalue weighted by molar-refractivity contribution is 0.807. The highest BCUT2D eigenvalue weighted by molar-refractivity contribution is 5.37. The molecule has 0 aliphatic heterocycles. The van der Waals surface area contributed by atoms with E-state index in [0.29, 0.717) is 0 Å². The van der Waals surface area contributed by atoms with Crippen LogP contribution in [0.4, 0.5) is 0 Å². The van der Waals surface area contributed by atoms with Gasteiger partial charge in [-0.05, 0) is 45.0 Å². The van der Waals surface area contributed by atoms with Gasteiger partial charge in [-0.1, -0.05) is 0 Å². The smallest absolute Gasteiger partial charge is 0.140 e. The second-order valence-electron chi connectivity index (χ2n) is 4.30. The molecule has 2 aromatic heterocycles. The molecule has 90 valence electrons. The van der Waals surface area contributed by atoms with Crippen molar-refractivity contribution in [2.45, 2.75) is 27.3 Å². The van der Waals surface area contributed by atoms with Crippen LogP contribution in [0.15, 0.2) is 18.6 Å². The van der Waals surface area contributed by atoms with Gasteiger partial charge in [0.05, 0.1) is 5.69 Å². The molecule has 0 saturated carbocycles. The zero-order valence-corrected chi connectivity index (χ0v) is 10.8. The number of aryl methyl sites for hydroxylation is 2. The molecule has 0 aliphatic carbocycles. The number of hydrogen-bond donors (Lipinski definition) is 1. The van der Waals surface area contributed by atoms with Crippen LogP contribution in [0.5, 0.6) is 0 Å². The van der Waals surface area contributed by atoms with Crippen LogP contribution in [0.3, 0.4) is 0 Å². The predicted molar refractivity (Wildman–Crippen MR) is 68.3 cm³/mol. The molecule has 17 heavy (non-hydrogen) atoms. The van der Waals surface area contributed by atoms with Gasteiger partial charge in [-0.25, -0.2) is 9.97 Å². The molecule has 0 spiro atoms. The average Bonchev–Trinajstić information content (AvgIpc) is 2.61. The number of nitrogens with zero attached hydrogens (tertiary/aromatic N) is 3. The quantitative estimate of drug-likeness (QED) is 0.876. The maximum Gasteiger partial charge on any atom is 0.140 e. The van der Waals surface area contributed by atoms with Crippen LogP contribution in [-0.2, 0) is 6.54 Å². The second kappa shape index (κ2) is 4.67. The van der Waals surface area contributed by atoms with Crippen molar-refractivity contribution >= 4 is 0 Å².